The number of ketones is 1. The number of aliphatic hydroxyl groups excluding tert-OH is 2. The second-order valence-electron chi connectivity index (χ2n) is 10.2. The van der Waals surface area contributed by atoms with Crippen LogP contribution in [-0.2, 0) is 19.1 Å². The van der Waals surface area contributed by atoms with Crippen molar-refractivity contribution in [2.24, 2.45) is 28.6 Å². The summed E-state index contributed by atoms with van der Waals surface area (Å²) in [5, 5.41) is 38.2. The van der Waals surface area contributed by atoms with Crippen LogP contribution in [0.25, 0.3) is 0 Å². The van der Waals surface area contributed by atoms with Crippen LogP contribution in [-0.4, -0.2) is 62.0 Å². The lowest BCUT2D eigenvalue weighted by atomic mass is 9.46. The number of hydrogen-bond acceptors (Lipinski definition) is 7. The van der Waals surface area contributed by atoms with Gasteiger partial charge in [-0.3, -0.25) is 4.79 Å². The standard InChI is InChI=1S/C21H27ClO5.C3H6O3/c1-19-7-5-13(23)9-12(19)3-4-14-15-6-8-21(26,18(25)27-11-22)20(15,2)10-16(24)17(14)19;1-2(4)3(5)6/h5,7,9,14-17,24,26H,3-4,6,8,10-11H2,1-2H3;2,4H,1H3,(H,5,6)/t14-,15-,16-,17+,19-,20-,21-;/m0./s1. The molecular formula is C24H33ClO8. The van der Waals surface area contributed by atoms with Gasteiger partial charge in [-0.15, -0.1) is 0 Å². The number of aliphatic hydroxyl groups is 3. The van der Waals surface area contributed by atoms with E-state index in [2.05, 4.69) is 6.92 Å². The summed E-state index contributed by atoms with van der Waals surface area (Å²) in [7, 11) is 0. The Morgan fingerprint density at radius 1 is 1.30 bits per heavy atom. The zero-order chi connectivity index (χ0) is 24.8. The Morgan fingerprint density at radius 3 is 2.52 bits per heavy atom. The van der Waals surface area contributed by atoms with Gasteiger partial charge in [-0.25, -0.2) is 9.59 Å². The van der Waals surface area contributed by atoms with Gasteiger partial charge in [-0.2, -0.15) is 0 Å². The minimum Gasteiger partial charge on any atom is -0.479 e. The Labute approximate surface area is 198 Å². The molecule has 8 atom stereocenters. The molecule has 0 aromatic rings. The van der Waals surface area contributed by atoms with E-state index in [4.69, 9.17) is 26.6 Å². The predicted molar refractivity (Wildman–Crippen MR) is 119 cm³/mol. The van der Waals surface area contributed by atoms with Crippen molar-refractivity contribution in [3.05, 3.63) is 23.8 Å². The summed E-state index contributed by atoms with van der Waals surface area (Å²) in [6.07, 6.45) is 6.41. The molecule has 1 unspecified atom stereocenters. The van der Waals surface area contributed by atoms with Crippen LogP contribution < -0.4 is 0 Å². The van der Waals surface area contributed by atoms with Crippen molar-refractivity contribution in [1.29, 1.82) is 0 Å². The number of carboxylic acid groups (broad SMARTS) is 1. The van der Waals surface area contributed by atoms with Crippen LogP contribution in [0.3, 0.4) is 0 Å². The van der Waals surface area contributed by atoms with Crippen molar-refractivity contribution in [3.63, 3.8) is 0 Å². The first-order chi connectivity index (χ1) is 15.3. The van der Waals surface area contributed by atoms with Gasteiger partial charge in [0.2, 0.25) is 0 Å². The second-order valence-corrected chi connectivity index (χ2v) is 10.4. The maximum absolute atomic E-state index is 12.5. The maximum Gasteiger partial charge on any atom is 0.339 e. The maximum atomic E-state index is 12.5. The average Bonchev–Trinajstić information content (AvgIpc) is 3.00. The molecule has 0 aromatic heterocycles. The molecule has 0 aliphatic heterocycles. The quantitative estimate of drug-likeness (QED) is 0.353. The highest BCUT2D eigenvalue weighted by Gasteiger charge is 2.69. The highest BCUT2D eigenvalue weighted by molar-refractivity contribution is 6.17. The third-order valence-electron chi connectivity index (χ3n) is 8.53. The van der Waals surface area contributed by atoms with Crippen molar-refractivity contribution in [1.82, 2.24) is 0 Å². The Hall–Kier alpha value is -1.74. The summed E-state index contributed by atoms with van der Waals surface area (Å²) in [5.74, 6) is -1.59. The highest BCUT2D eigenvalue weighted by Crippen LogP contribution is 2.67. The van der Waals surface area contributed by atoms with Gasteiger partial charge >= 0.3 is 11.9 Å². The van der Waals surface area contributed by atoms with Crippen LogP contribution in [0.1, 0.15) is 52.9 Å². The largest absolute Gasteiger partial charge is 0.479 e. The lowest BCUT2D eigenvalue weighted by Gasteiger charge is -2.59. The summed E-state index contributed by atoms with van der Waals surface area (Å²) in [6.45, 7) is 5.21. The molecule has 4 aliphatic carbocycles. The topological polar surface area (TPSA) is 141 Å². The van der Waals surface area contributed by atoms with Gasteiger partial charge in [0, 0.05) is 16.7 Å². The van der Waals surface area contributed by atoms with Crippen molar-refractivity contribution in [2.45, 2.75) is 70.7 Å². The lowest BCUT2D eigenvalue weighted by Crippen LogP contribution is -2.61. The van der Waals surface area contributed by atoms with E-state index in [1.165, 1.54) is 6.92 Å². The summed E-state index contributed by atoms with van der Waals surface area (Å²) in [6, 6.07) is -0.290. The van der Waals surface area contributed by atoms with Gasteiger partial charge in [-0.05, 0) is 63.0 Å². The average molecular weight is 485 g/mol. The van der Waals surface area contributed by atoms with E-state index in [0.29, 0.717) is 12.8 Å². The molecule has 3 saturated carbocycles. The first kappa shape index (κ1) is 25.9. The van der Waals surface area contributed by atoms with E-state index in [1.807, 2.05) is 13.0 Å². The highest BCUT2D eigenvalue weighted by atomic mass is 35.5. The fraction of sp³-hybridized carbons (Fsp3) is 0.708. The zero-order valence-corrected chi connectivity index (χ0v) is 19.9. The van der Waals surface area contributed by atoms with Crippen molar-refractivity contribution < 1.29 is 39.5 Å². The smallest absolute Gasteiger partial charge is 0.339 e. The van der Waals surface area contributed by atoms with E-state index >= 15 is 0 Å². The minimum absolute atomic E-state index is 0.00937. The molecule has 0 heterocycles. The Bertz CT molecular complexity index is 882. The van der Waals surface area contributed by atoms with Crippen molar-refractivity contribution in [2.75, 3.05) is 6.07 Å². The van der Waals surface area contributed by atoms with E-state index in [9.17, 15) is 24.6 Å². The van der Waals surface area contributed by atoms with Gasteiger partial charge in [-0.1, -0.05) is 37.1 Å². The number of fused-ring (bicyclic) bond motifs is 5. The third-order valence-corrected chi connectivity index (χ3v) is 8.64. The van der Waals surface area contributed by atoms with Crippen LogP contribution in [0.5, 0.6) is 0 Å². The number of allylic oxidation sites excluding steroid dienone is 4. The van der Waals surface area contributed by atoms with Gasteiger partial charge in [0.05, 0.1) is 6.10 Å². The summed E-state index contributed by atoms with van der Waals surface area (Å²) in [5.41, 5.74) is -1.63. The number of hydrogen-bond donors (Lipinski definition) is 4. The van der Waals surface area contributed by atoms with E-state index in [0.717, 1.165) is 24.8 Å². The number of ether oxygens (including phenoxy) is 1. The number of carbonyl (C=O) groups excluding carboxylic acids is 2. The second kappa shape index (κ2) is 9.13. The van der Waals surface area contributed by atoms with Crippen molar-refractivity contribution >= 4 is 29.3 Å². The normalized spacial score (nSPS) is 42.0. The zero-order valence-electron chi connectivity index (χ0n) is 19.2. The number of halogens is 1. The Morgan fingerprint density at radius 2 is 1.94 bits per heavy atom. The van der Waals surface area contributed by atoms with E-state index in [-0.39, 0.29) is 35.0 Å². The number of carboxylic acids is 1. The van der Waals surface area contributed by atoms with Gasteiger partial charge < -0.3 is 25.2 Å². The van der Waals surface area contributed by atoms with Gasteiger partial charge in [0.1, 0.15) is 6.10 Å². The molecule has 4 N–H and O–H groups in total. The summed E-state index contributed by atoms with van der Waals surface area (Å²) < 4.78 is 4.97. The van der Waals surface area contributed by atoms with Crippen LogP contribution in [0.15, 0.2) is 23.8 Å². The molecule has 0 amide bonds. The molecule has 0 bridgehead atoms. The molecule has 9 heteroatoms. The molecule has 0 radical (unpaired) electrons. The predicted octanol–water partition coefficient (Wildman–Crippen LogP) is 2.19. The third kappa shape index (κ3) is 4.16. The first-order valence-corrected chi connectivity index (χ1v) is 11.8. The summed E-state index contributed by atoms with van der Waals surface area (Å²) in [4.78, 5) is 33.8. The van der Waals surface area contributed by atoms with Gasteiger partial charge in [0.25, 0.3) is 0 Å². The molecule has 33 heavy (non-hydrogen) atoms. The molecule has 4 rings (SSSR count). The number of rotatable bonds is 3. The fourth-order valence-electron chi connectivity index (χ4n) is 6.83. The molecule has 3 fully saturated rings. The molecule has 8 nitrogen and oxygen atoms in total. The van der Waals surface area contributed by atoms with Gasteiger partial charge in [0.15, 0.2) is 17.5 Å². The molecule has 0 spiro atoms. The number of aliphatic carboxylic acids is 1. The SMILES string of the molecule is CC(O)C(=O)O.C[C@]12C=CC(=O)C=C1CC[C@@H]1[C@@H]2[C@@H](O)C[C@@]2(C)[C@H]1CC[C@]2(O)C(=O)OCCl. The van der Waals surface area contributed by atoms with Crippen molar-refractivity contribution in [3.8, 4) is 0 Å². The summed E-state index contributed by atoms with van der Waals surface area (Å²) >= 11 is 5.56. The number of carbonyl (C=O) groups is 3. The van der Waals surface area contributed by atoms with Crippen LogP contribution in [0, 0.1) is 28.6 Å². The van der Waals surface area contributed by atoms with E-state index in [1.54, 1.807) is 12.2 Å². The number of alkyl halides is 1. The Kier molecular flexibility index (Phi) is 7.16. The molecule has 184 valence electrons. The molecular weight excluding hydrogens is 452 g/mol. The number of esters is 1. The monoisotopic (exact) mass is 484 g/mol. The first-order valence-electron chi connectivity index (χ1n) is 11.3. The Balaban J connectivity index is 0.000000454. The fourth-order valence-corrected chi connectivity index (χ4v) is 6.93. The molecule has 0 aromatic carbocycles. The van der Waals surface area contributed by atoms with E-state index < -0.39 is 35.2 Å². The minimum atomic E-state index is -1.62. The molecule has 0 saturated heterocycles. The van der Waals surface area contributed by atoms with Crippen LogP contribution >= 0.6 is 11.6 Å². The van der Waals surface area contributed by atoms with Crippen LogP contribution in [0.2, 0.25) is 0 Å². The lowest BCUT2D eigenvalue weighted by molar-refractivity contribution is -0.195. The van der Waals surface area contributed by atoms with Crippen LogP contribution in [0.4, 0.5) is 0 Å². The molecule has 4 aliphatic rings.